The summed E-state index contributed by atoms with van der Waals surface area (Å²) in [5, 5.41) is 5.04. The minimum atomic E-state index is 0.163. The highest BCUT2D eigenvalue weighted by Crippen LogP contribution is 2.71. The number of ether oxygens (including phenoxy) is 1. The molecule has 8 aromatic rings. The molecule has 268 valence electrons. The Bertz CT molecular complexity index is 2820. The molecule has 8 aromatic carbocycles. The molecule has 4 bridgehead atoms. The van der Waals surface area contributed by atoms with Crippen molar-refractivity contribution in [1.82, 2.24) is 0 Å². The van der Waals surface area contributed by atoms with E-state index in [1.807, 2.05) is 11.8 Å². The summed E-state index contributed by atoms with van der Waals surface area (Å²) in [4.78, 5) is 2.50. The quantitative estimate of drug-likeness (QED) is 0.179. The lowest BCUT2D eigenvalue weighted by molar-refractivity contribution is -0.0399. The van der Waals surface area contributed by atoms with Crippen LogP contribution < -0.4 is 4.74 Å². The van der Waals surface area contributed by atoms with Crippen molar-refractivity contribution in [2.24, 2.45) is 23.7 Å². The van der Waals surface area contributed by atoms with Crippen LogP contribution in [0.3, 0.4) is 0 Å². The van der Waals surface area contributed by atoms with Gasteiger partial charge in [0.25, 0.3) is 0 Å². The van der Waals surface area contributed by atoms with Crippen LogP contribution >= 0.6 is 11.8 Å². The Morgan fingerprint density at radius 3 is 1.73 bits per heavy atom. The van der Waals surface area contributed by atoms with Crippen LogP contribution in [0.2, 0.25) is 0 Å². The average molecular weight is 737 g/mol. The van der Waals surface area contributed by atoms with E-state index < -0.39 is 0 Å². The third-order valence-corrected chi connectivity index (χ3v) is 15.6. The fourth-order valence-corrected chi connectivity index (χ4v) is 13.6. The fourth-order valence-electron chi connectivity index (χ4n) is 12.5. The van der Waals surface area contributed by atoms with Gasteiger partial charge in [0, 0.05) is 11.0 Å². The SMILES string of the molecule is c1ccc2c(c1)-c1c(ccc3c1Sc1ccc(-c4cc(-c5cccc6ccccc56)cc(-c5cccc6ccccc56)c4)cc1O3)C21C2CC3CC(C2)CC1C3. The maximum Gasteiger partial charge on any atom is 0.142 e. The molecule has 1 nitrogen and oxygen atoms in total. The zero-order valence-corrected chi connectivity index (χ0v) is 32.0. The molecule has 0 saturated heterocycles. The second-order valence-corrected chi connectivity index (χ2v) is 18.3. The molecule has 5 aliphatic carbocycles. The van der Waals surface area contributed by atoms with Gasteiger partial charge < -0.3 is 4.74 Å². The molecule has 0 atom stereocenters. The van der Waals surface area contributed by atoms with Gasteiger partial charge in [-0.2, -0.15) is 0 Å². The maximum atomic E-state index is 7.00. The second-order valence-electron chi connectivity index (χ2n) is 17.3. The molecule has 14 rings (SSSR count). The number of hydrogen-bond donors (Lipinski definition) is 0. The van der Waals surface area contributed by atoms with Crippen LogP contribution in [0, 0.1) is 23.7 Å². The summed E-state index contributed by atoms with van der Waals surface area (Å²) >= 11 is 1.92. The molecular formula is C54H40OS. The minimum Gasteiger partial charge on any atom is -0.455 e. The molecule has 6 aliphatic rings. The van der Waals surface area contributed by atoms with Crippen molar-refractivity contribution in [3.8, 4) is 56.0 Å². The van der Waals surface area contributed by atoms with Crippen molar-refractivity contribution in [3.05, 3.63) is 169 Å². The van der Waals surface area contributed by atoms with Crippen LogP contribution in [-0.4, -0.2) is 0 Å². The average Bonchev–Trinajstić information content (AvgIpc) is 3.55. The van der Waals surface area contributed by atoms with Crippen molar-refractivity contribution < 1.29 is 4.74 Å². The second kappa shape index (κ2) is 11.7. The van der Waals surface area contributed by atoms with E-state index >= 15 is 0 Å². The van der Waals surface area contributed by atoms with E-state index in [4.69, 9.17) is 4.74 Å². The van der Waals surface area contributed by atoms with E-state index in [9.17, 15) is 0 Å². The summed E-state index contributed by atoms with van der Waals surface area (Å²) in [5.74, 6) is 5.32. The summed E-state index contributed by atoms with van der Waals surface area (Å²) in [6, 6.07) is 59.0. The van der Waals surface area contributed by atoms with E-state index in [1.54, 1.807) is 11.1 Å². The summed E-state index contributed by atoms with van der Waals surface area (Å²) in [7, 11) is 0. The van der Waals surface area contributed by atoms with Crippen molar-refractivity contribution in [2.45, 2.75) is 47.3 Å². The van der Waals surface area contributed by atoms with E-state index in [-0.39, 0.29) is 5.41 Å². The van der Waals surface area contributed by atoms with Crippen molar-refractivity contribution >= 4 is 33.3 Å². The first-order valence-corrected chi connectivity index (χ1v) is 21.4. The minimum absolute atomic E-state index is 0.163. The van der Waals surface area contributed by atoms with E-state index in [2.05, 4.69) is 158 Å². The number of rotatable bonds is 3. The van der Waals surface area contributed by atoms with Gasteiger partial charge in [-0.1, -0.05) is 133 Å². The zero-order valence-electron chi connectivity index (χ0n) is 31.2. The Kier molecular flexibility index (Phi) is 6.62. The maximum absolute atomic E-state index is 7.00. The molecule has 2 heteroatoms. The lowest BCUT2D eigenvalue weighted by Gasteiger charge is -2.61. The largest absolute Gasteiger partial charge is 0.455 e. The van der Waals surface area contributed by atoms with Gasteiger partial charge in [-0.25, -0.2) is 0 Å². The van der Waals surface area contributed by atoms with Crippen LogP contribution in [-0.2, 0) is 5.41 Å². The zero-order chi connectivity index (χ0) is 36.5. The number of fused-ring (bicyclic) bond motifs is 8. The standard InChI is InChI=1S/C54H40OS/c1-3-13-42-34(9-1)11-7-16-44(42)38-28-37(29-39(30-38)45-17-8-12-35-10-2-4-14-43(35)45)36-19-22-51-50(31-36)55-49-21-20-48-52(53(49)56-51)46-15-5-6-18-47(46)54(48)40-24-32-23-33(26-40)27-41(54)25-32/h1-22,28-33,40-41H,23-27H2. The fraction of sp³-hybridized carbons (Fsp3) is 0.185. The van der Waals surface area contributed by atoms with Gasteiger partial charge in [0.05, 0.1) is 9.79 Å². The first kappa shape index (κ1) is 31.6. The topological polar surface area (TPSA) is 9.23 Å². The van der Waals surface area contributed by atoms with Crippen LogP contribution in [0.1, 0.15) is 43.2 Å². The van der Waals surface area contributed by atoms with E-state index in [0.717, 1.165) is 40.7 Å². The van der Waals surface area contributed by atoms with Crippen molar-refractivity contribution in [3.63, 3.8) is 0 Å². The van der Waals surface area contributed by atoms with Crippen LogP contribution in [0.25, 0.3) is 66.1 Å². The Hall–Kier alpha value is -5.57. The smallest absolute Gasteiger partial charge is 0.142 e. The molecule has 0 N–H and O–H groups in total. The Morgan fingerprint density at radius 1 is 0.446 bits per heavy atom. The third kappa shape index (κ3) is 4.40. The van der Waals surface area contributed by atoms with Gasteiger partial charge in [-0.3, -0.25) is 0 Å². The molecule has 1 heterocycles. The molecule has 0 aromatic heterocycles. The first-order valence-electron chi connectivity index (χ1n) is 20.6. The molecule has 4 fully saturated rings. The lowest BCUT2D eigenvalue weighted by atomic mass is 9.43. The molecule has 56 heavy (non-hydrogen) atoms. The normalized spacial score (nSPS) is 23.5. The highest BCUT2D eigenvalue weighted by Gasteiger charge is 2.62. The lowest BCUT2D eigenvalue weighted by Crippen LogP contribution is -2.55. The van der Waals surface area contributed by atoms with Crippen molar-refractivity contribution in [1.29, 1.82) is 0 Å². The molecule has 0 radical (unpaired) electrons. The number of benzene rings is 8. The Balaban J connectivity index is 0.940. The molecular weight excluding hydrogens is 697 g/mol. The Morgan fingerprint density at radius 2 is 1.04 bits per heavy atom. The highest BCUT2D eigenvalue weighted by molar-refractivity contribution is 7.99. The molecule has 0 unspecified atom stereocenters. The summed E-state index contributed by atoms with van der Waals surface area (Å²) in [6.45, 7) is 0. The van der Waals surface area contributed by atoms with Crippen LogP contribution in [0.15, 0.2) is 168 Å². The highest BCUT2D eigenvalue weighted by atomic mass is 32.2. The van der Waals surface area contributed by atoms with E-state index in [0.29, 0.717) is 0 Å². The molecule has 4 saturated carbocycles. The predicted octanol–water partition coefficient (Wildman–Crippen LogP) is 15.0. The third-order valence-electron chi connectivity index (χ3n) is 14.5. The van der Waals surface area contributed by atoms with Gasteiger partial charge in [0.1, 0.15) is 11.5 Å². The van der Waals surface area contributed by atoms with Gasteiger partial charge >= 0.3 is 0 Å². The predicted molar refractivity (Wildman–Crippen MR) is 232 cm³/mol. The summed E-state index contributed by atoms with van der Waals surface area (Å²) < 4.78 is 7.00. The molecule has 1 spiro atoms. The molecule has 1 aliphatic heterocycles. The van der Waals surface area contributed by atoms with Crippen LogP contribution in [0.4, 0.5) is 0 Å². The monoisotopic (exact) mass is 736 g/mol. The van der Waals surface area contributed by atoms with Gasteiger partial charge in [0.15, 0.2) is 0 Å². The van der Waals surface area contributed by atoms with Crippen LogP contribution in [0.5, 0.6) is 11.5 Å². The summed E-state index contributed by atoms with van der Waals surface area (Å²) in [5.41, 5.74) is 13.5. The van der Waals surface area contributed by atoms with Gasteiger partial charge in [0.2, 0.25) is 0 Å². The van der Waals surface area contributed by atoms with Crippen molar-refractivity contribution in [2.75, 3.05) is 0 Å². The van der Waals surface area contributed by atoms with E-state index in [1.165, 1.54) is 102 Å². The molecule has 0 amide bonds. The Labute approximate surface area is 332 Å². The van der Waals surface area contributed by atoms with Gasteiger partial charge in [-0.05, 0) is 164 Å². The van der Waals surface area contributed by atoms with Gasteiger partial charge in [-0.15, -0.1) is 0 Å². The first-order chi connectivity index (χ1) is 27.7. The summed E-state index contributed by atoms with van der Waals surface area (Å²) in [6.07, 6.45) is 7.07. The number of hydrogen-bond acceptors (Lipinski definition) is 2.